The highest BCUT2D eigenvalue weighted by molar-refractivity contribution is 5.81. The SMILES string of the molecule is CC(CN)n1c(C(F)(F)F)nc2cc3c(cc21)OCCO3. The van der Waals surface area contributed by atoms with E-state index in [0.717, 1.165) is 4.57 Å². The van der Waals surface area contributed by atoms with E-state index in [1.54, 1.807) is 6.92 Å². The van der Waals surface area contributed by atoms with Crippen LogP contribution in [0.5, 0.6) is 11.5 Å². The number of aromatic nitrogens is 2. The summed E-state index contributed by atoms with van der Waals surface area (Å²) in [7, 11) is 0. The Morgan fingerprint density at radius 3 is 2.48 bits per heavy atom. The number of benzene rings is 1. The molecule has 0 saturated carbocycles. The first kappa shape index (κ1) is 14.0. The van der Waals surface area contributed by atoms with Crippen molar-refractivity contribution in [3.8, 4) is 11.5 Å². The summed E-state index contributed by atoms with van der Waals surface area (Å²) in [6.45, 7) is 2.42. The van der Waals surface area contributed by atoms with Crippen LogP contribution in [-0.2, 0) is 6.18 Å². The van der Waals surface area contributed by atoms with Gasteiger partial charge in [0.1, 0.15) is 13.2 Å². The van der Waals surface area contributed by atoms with Gasteiger partial charge < -0.3 is 19.8 Å². The van der Waals surface area contributed by atoms with Gasteiger partial charge in [-0.2, -0.15) is 13.2 Å². The molecule has 5 nitrogen and oxygen atoms in total. The van der Waals surface area contributed by atoms with E-state index in [1.165, 1.54) is 12.1 Å². The van der Waals surface area contributed by atoms with Gasteiger partial charge in [0.2, 0.25) is 5.82 Å². The summed E-state index contributed by atoms with van der Waals surface area (Å²) < 4.78 is 51.4. The van der Waals surface area contributed by atoms with E-state index in [1.807, 2.05) is 0 Å². The zero-order valence-corrected chi connectivity index (χ0v) is 11.3. The Kier molecular flexibility index (Phi) is 3.20. The Balaban J connectivity index is 2.27. The summed E-state index contributed by atoms with van der Waals surface area (Å²) in [6.07, 6.45) is -4.55. The summed E-state index contributed by atoms with van der Waals surface area (Å²) in [6, 6.07) is 2.46. The molecule has 2 aromatic rings. The molecule has 0 aliphatic carbocycles. The van der Waals surface area contributed by atoms with Crippen LogP contribution < -0.4 is 15.2 Å². The van der Waals surface area contributed by atoms with Crippen molar-refractivity contribution in [3.63, 3.8) is 0 Å². The molecule has 1 aromatic carbocycles. The summed E-state index contributed by atoms with van der Waals surface area (Å²) in [4.78, 5) is 3.71. The maximum absolute atomic E-state index is 13.2. The van der Waals surface area contributed by atoms with Gasteiger partial charge in [-0.15, -0.1) is 0 Å². The van der Waals surface area contributed by atoms with Gasteiger partial charge in [-0.3, -0.25) is 0 Å². The molecule has 0 amide bonds. The smallest absolute Gasteiger partial charge is 0.449 e. The average Bonchev–Trinajstić information content (AvgIpc) is 2.82. The molecule has 1 aromatic heterocycles. The molecule has 0 fully saturated rings. The fraction of sp³-hybridized carbons (Fsp3) is 0.462. The number of hydrogen-bond acceptors (Lipinski definition) is 4. The minimum atomic E-state index is -4.55. The first-order valence-electron chi connectivity index (χ1n) is 6.50. The molecule has 0 spiro atoms. The Bertz CT molecular complexity index is 681. The molecule has 0 radical (unpaired) electrons. The normalized spacial score (nSPS) is 16.2. The number of nitrogens with two attached hydrogens (primary N) is 1. The summed E-state index contributed by atoms with van der Waals surface area (Å²) in [5, 5.41) is 0. The van der Waals surface area contributed by atoms with Gasteiger partial charge >= 0.3 is 6.18 Å². The standard InChI is InChI=1S/C13H14F3N3O2/c1-7(6-17)19-9-5-11-10(20-2-3-21-11)4-8(9)18-12(19)13(14,15)16/h4-5,7H,2-3,6,17H2,1H3. The van der Waals surface area contributed by atoms with Gasteiger partial charge in [-0.25, -0.2) is 4.98 Å². The van der Waals surface area contributed by atoms with Crippen molar-refractivity contribution in [2.45, 2.75) is 19.1 Å². The number of rotatable bonds is 2. The van der Waals surface area contributed by atoms with Gasteiger partial charge in [0.25, 0.3) is 0 Å². The van der Waals surface area contributed by atoms with Crippen LogP contribution in [0.4, 0.5) is 13.2 Å². The van der Waals surface area contributed by atoms with Crippen LogP contribution in [0, 0.1) is 0 Å². The number of halogens is 3. The van der Waals surface area contributed by atoms with Crippen LogP contribution in [0.25, 0.3) is 11.0 Å². The zero-order chi connectivity index (χ0) is 15.2. The third-order valence-electron chi connectivity index (χ3n) is 3.39. The summed E-state index contributed by atoms with van der Waals surface area (Å²) in [5.74, 6) is -0.127. The molecule has 1 aliphatic heterocycles. The monoisotopic (exact) mass is 301 g/mol. The Labute approximate surface area is 118 Å². The summed E-state index contributed by atoms with van der Waals surface area (Å²) in [5.41, 5.74) is 6.08. The fourth-order valence-corrected chi connectivity index (χ4v) is 2.38. The highest BCUT2D eigenvalue weighted by atomic mass is 19.4. The molecule has 8 heteroatoms. The van der Waals surface area contributed by atoms with Crippen molar-refractivity contribution in [1.29, 1.82) is 0 Å². The van der Waals surface area contributed by atoms with Gasteiger partial charge in [-0.05, 0) is 6.92 Å². The molecule has 114 valence electrons. The lowest BCUT2D eigenvalue weighted by Gasteiger charge is -2.20. The predicted octanol–water partition coefficient (Wildman–Crippen LogP) is 2.35. The first-order valence-corrected chi connectivity index (χ1v) is 6.50. The first-order chi connectivity index (χ1) is 9.91. The average molecular weight is 301 g/mol. The molecule has 1 atom stereocenters. The van der Waals surface area contributed by atoms with Gasteiger partial charge in [0.05, 0.1) is 11.0 Å². The van der Waals surface area contributed by atoms with Crippen LogP contribution in [0.15, 0.2) is 12.1 Å². The largest absolute Gasteiger partial charge is 0.486 e. The van der Waals surface area contributed by atoms with Crippen molar-refractivity contribution in [3.05, 3.63) is 18.0 Å². The Hall–Kier alpha value is -1.96. The van der Waals surface area contributed by atoms with E-state index in [0.29, 0.717) is 30.2 Å². The molecular weight excluding hydrogens is 287 g/mol. The number of alkyl halides is 3. The van der Waals surface area contributed by atoms with Crippen molar-refractivity contribution >= 4 is 11.0 Å². The molecule has 1 unspecified atom stereocenters. The summed E-state index contributed by atoms with van der Waals surface area (Å²) >= 11 is 0. The fourth-order valence-electron chi connectivity index (χ4n) is 2.38. The van der Waals surface area contributed by atoms with Crippen molar-refractivity contribution in [2.75, 3.05) is 19.8 Å². The van der Waals surface area contributed by atoms with E-state index in [-0.39, 0.29) is 12.1 Å². The van der Waals surface area contributed by atoms with Crippen LogP contribution >= 0.6 is 0 Å². The second-order valence-electron chi connectivity index (χ2n) is 4.87. The van der Waals surface area contributed by atoms with E-state index in [9.17, 15) is 13.2 Å². The van der Waals surface area contributed by atoms with Crippen molar-refractivity contribution in [2.24, 2.45) is 5.73 Å². The van der Waals surface area contributed by atoms with E-state index >= 15 is 0 Å². The number of hydrogen-bond donors (Lipinski definition) is 1. The van der Waals surface area contributed by atoms with E-state index in [2.05, 4.69) is 4.98 Å². The molecule has 2 N–H and O–H groups in total. The topological polar surface area (TPSA) is 62.3 Å². The second kappa shape index (κ2) is 4.80. The van der Waals surface area contributed by atoms with Gasteiger partial charge in [0.15, 0.2) is 11.5 Å². The Morgan fingerprint density at radius 1 is 1.29 bits per heavy atom. The minimum Gasteiger partial charge on any atom is -0.486 e. The molecule has 3 rings (SSSR count). The number of imidazole rings is 1. The zero-order valence-electron chi connectivity index (χ0n) is 11.3. The van der Waals surface area contributed by atoms with Crippen LogP contribution in [-0.4, -0.2) is 29.3 Å². The van der Waals surface area contributed by atoms with Crippen LogP contribution in [0.2, 0.25) is 0 Å². The third kappa shape index (κ3) is 2.29. The van der Waals surface area contributed by atoms with Crippen molar-refractivity contribution in [1.82, 2.24) is 9.55 Å². The predicted molar refractivity (Wildman–Crippen MR) is 69.5 cm³/mol. The lowest BCUT2D eigenvalue weighted by atomic mass is 10.2. The molecule has 0 saturated heterocycles. The number of ether oxygens (including phenoxy) is 2. The second-order valence-corrected chi connectivity index (χ2v) is 4.87. The number of fused-ring (bicyclic) bond motifs is 2. The van der Waals surface area contributed by atoms with E-state index in [4.69, 9.17) is 15.2 Å². The highest BCUT2D eigenvalue weighted by Gasteiger charge is 2.39. The lowest BCUT2D eigenvalue weighted by molar-refractivity contribution is -0.147. The van der Waals surface area contributed by atoms with Gasteiger partial charge in [-0.1, -0.05) is 0 Å². The van der Waals surface area contributed by atoms with Crippen molar-refractivity contribution < 1.29 is 22.6 Å². The lowest BCUT2D eigenvalue weighted by Crippen LogP contribution is -2.22. The van der Waals surface area contributed by atoms with Gasteiger partial charge in [0, 0.05) is 24.7 Å². The Morgan fingerprint density at radius 2 is 1.90 bits per heavy atom. The molecule has 2 heterocycles. The number of nitrogens with zero attached hydrogens (tertiary/aromatic N) is 2. The molecule has 21 heavy (non-hydrogen) atoms. The maximum Gasteiger partial charge on any atom is 0.449 e. The van der Waals surface area contributed by atoms with Crippen LogP contribution in [0.3, 0.4) is 0 Å². The quantitative estimate of drug-likeness (QED) is 0.925. The minimum absolute atomic E-state index is 0.0724. The van der Waals surface area contributed by atoms with Crippen LogP contribution in [0.1, 0.15) is 18.8 Å². The maximum atomic E-state index is 13.2. The highest BCUT2D eigenvalue weighted by Crippen LogP contribution is 2.39. The molecule has 0 bridgehead atoms. The molecule has 1 aliphatic rings. The molecular formula is C13H14F3N3O2. The van der Waals surface area contributed by atoms with E-state index < -0.39 is 18.0 Å². The third-order valence-corrected chi connectivity index (χ3v) is 3.39.